The van der Waals surface area contributed by atoms with Crippen LogP contribution in [0.3, 0.4) is 0 Å². The molecule has 134 valence electrons. The van der Waals surface area contributed by atoms with Gasteiger partial charge < -0.3 is 5.32 Å². The van der Waals surface area contributed by atoms with E-state index >= 15 is 0 Å². The molecule has 2 aromatic rings. The third kappa shape index (κ3) is 2.56. The van der Waals surface area contributed by atoms with E-state index in [-0.39, 0.29) is 18.2 Å². The van der Waals surface area contributed by atoms with Crippen molar-refractivity contribution < 1.29 is 14.4 Å². The Morgan fingerprint density at radius 2 is 2.04 bits per heavy atom. The van der Waals surface area contributed by atoms with Gasteiger partial charge in [0.1, 0.15) is 5.54 Å². The molecule has 1 fully saturated rings. The fourth-order valence-corrected chi connectivity index (χ4v) is 4.77. The van der Waals surface area contributed by atoms with Crippen LogP contribution >= 0.6 is 11.3 Å². The number of nitrogens with zero attached hydrogens (tertiary/aromatic N) is 1. The van der Waals surface area contributed by atoms with E-state index in [1.165, 1.54) is 11.3 Å². The molecule has 1 spiro atoms. The average molecular weight is 368 g/mol. The number of nitrogens with one attached hydrogen (secondary N) is 1. The van der Waals surface area contributed by atoms with Gasteiger partial charge in [-0.15, -0.1) is 11.3 Å². The predicted octanol–water partition coefficient (Wildman–Crippen LogP) is 3.28. The van der Waals surface area contributed by atoms with E-state index in [0.717, 1.165) is 40.2 Å². The number of aryl methyl sites for hydroxylation is 2. The standard InChI is InChI=1S/C20H20N2O3S/c1-2-14-9-10-17(26-14)16(23)12-22-18(24)20(21-19(22)25)11-5-7-13-6-3-4-8-15(13)20/h3-4,6,8-10H,2,5,7,11-12H2,1H3,(H,21,25)/t20-/m1/s1. The Labute approximate surface area is 156 Å². The van der Waals surface area contributed by atoms with Crippen LogP contribution in [0.1, 0.15) is 45.4 Å². The van der Waals surface area contributed by atoms with Crippen molar-refractivity contribution in [3.8, 4) is 0 Å². The van der Waals surface area contributed by atoms with Crippen LogP contribution in [0.4, 0.5) is 4.79 Å². The first-order valence-electron chi connectivity index (χ1n) is 8.89. The molecule has 0 bridgehead atoms. The summed E-state index contributed by atoms with van der Waals surface area (Å²) in [5.41, 5.74) is 0.936. The first-order chi connectivity index (χ1) is 12.5. The molecule has 1 atom stereocenters. The van der Waals surface area contributed by atoms with Crippen LogP contribution in [0.25, 0.3) is 0 Å². The highest BCUT2D eigenvalue weighted by Gasteiger charge is 2.54. The highest BCUT2D eigenvalue weighted by Crippen LogP contribution is 2.39. The van der Waals surface area contributed by atoms with Crippen LogP contribution in [0.2, 0.25) is 0 Å². The number of amides is 3. The van der Waals surface area contributed by atoms with Gasteiger partial charge in [0.2, 0.25) is 0 Å². The summed E-state index contributed by atoms with van der Waals surface area (Å²) in [6.45, 7) is 1.82. The van der Waals surface area contributed by atoms with Gasteiger partial charge in [0.05, 0.1) is 11.4 Å². The molecule has 2 heterocycles. The molecule has 1 aliphatic heterocycles. The van der Waals surface area contributed by atoms with Gasteiger partial charge in [0.25, 0.3) is 5.91 Å². The van der Waals surface area contributed by atoms with E-state index in [2.05, 4.69) is 5.32 Å². The summed E-state index contributed by atoms with van der Waals surface area (Å²) in [5, 5.41) is 2.89. The molecule has 1 aliphatic carbocycles. The van der Waals surface area contributed by atoms with Crippen molar-refractivity contribution in [1.29, 1.82) is 0 Å². The SMILES string of the molecule is CCc1ccc(C(=O)CN2C(=O)N[C@@]3(CCCc4ccccc43)C2=O)s1. The molecule has 5 nitrogen and oxygen atoms in total. The maximum Gasteiger partial charge on any atom is 0.325 e. The summed E-state index contributed by atoms with van der Waals surface area (Å²) in [5.74, 6) is -0.505. The van der Waals surface area contributed by atoms with Gasteiger partial charge in [-0.2, -0.15) is 0 Å². The number of ketones is 1. The zero-order chi connectivity index (χ0) is 18.3. The number of thiophene rings is 1. The maximum atomic E-state index is 13.2. The number of imide groups is 1. The third-order valence-electron chi connectivity index (χ3n) is 5.24. The molecule has 1 saturated heterocycles. The van der Waals surface area contributed by atoms with Crippen molar-refractivity contribution in [2.75, 3.05) is 6.54 Å². The number of fused-ring (bicyclic) bond motifs is 2. The minimum Gasteiger partial charge on any atom is -0.319 e. The highest BCUT2D eigenvalue weighted by atomic mass is 32.1. The molecular formula is C20H20N2O3S. The zero-order valence-corrected chi connectivity index (χ0v) is 15.4. The molecule has 3 amide bonds. The van der Waals surface area contributed by atoms with Crippen LogP contribution < -0.4 is 5.32 Å². The Morgan fingerprint density at radius 1 is 1.23 bits per heavy atom. The van der Waals surface area contributed by atoms with E-state index in [1.54, 1.807) is 6.07 Å². The zero-order valence-electron chi connectivity index (χ0n) is 14.6. The van der Waals surface area contributed by atoms with E-state index in [1.807, 2.05) is 37.3 Å². The normalized spacial score (nSPS) is 21.8. The van der Waals surface area contributed by atoms with E-state index < -0.39 is 11.6 Å². The minimum atomic E-state index is -1.02. The fraction of sp³-hybridized carbons (Fsp3) is 0.350. The number of urea groups is 1. The lowest BCUT2D eigenvalue weighted by Gasteiger charge is -2.33. The summed E-state index contributed by atoms with van der Waals surface area (Å²) < 4.78 is 0. The second kappa shape index (κ2) is 6.36. The maximum absolute atomic E-state index is 13.2. The Morgan fingerprint density at radius 3 is 2.81 bits per heavy atom. The number of Topliss-reactive ketones (excluding diaryl/α,β-unsaturated/α-hetero) is 1. The van der Waals surface area contributed by atoms with Gasteiger partial charge in [0, 0.05) is 4.88 Å². The first kappa shape index (κ1) is 17.0. The molecule has 0 radical (unpaired) electrons. The number of hydrogen-bond donors (Lipinski definition) is 1. The minimum absolute atomic E-state index is 0.195. The van der Waals surface area contributed by atoms with E-state index in [9.17, 15) is 14.4 Å². The lowest BCUT2D eigenvalue weighted by Crippen LogP contribution is -2.46. The van der Waals surface area contributed by atoms with Crippen molar-refractivity contribution >= 4 is 29.1 Å². The van der Waals surface area contributed by atoms with Gasteiger partial charge in [-0.3, -0.25) is 14.5 Å². The van der Waals surface area contributed by atoms with Crippen molar-refractivity contribution in [2.45, 2.75) is 38.1 Å². The van der Waals surface area contributed by atoms with Crippen molar-refractivity contribution in [2.24, 2.45) is 0 Å². The van der Waals surface area contributed by atoms with E-state index in [0.29, 0.717) is 11.3 Å². The average Bonchev–Trinajstić information content (AvgIpc) is 3.22. The molecular weight excluding hydrogens is 348 g/mol. The second-order valence-electron chi connectivity index (χ2n) is 6.78. The predicted molar refractivity (Wildman–Crippen MR) is 99.3 cm³/mol. The topological polar surface area (TPSA) is 66.5 Å². The molecule has 1 N–H and O–H groups in total. The van der Waals surface area contributed by atoms with Crippen molar-refractivity contribution in [1.82, 2.24) is 10.2 Å². The van der Waals surface area contributed by atoms with Crippen LogP contribution in [-0.4, -0.2) is 29.2 Å². The number of benzene rings is 1. The van der Waals surface area contributed by atoms with Crippen LogP contribution in [0.5, 0.6) is 0 Å². The molecule has 4 rings (SSSR count). The Balaban J connectivity index is 1.61. The van der Waals surface area contributed by atoms with Crippen LogP contribution in [0, 0.1) is 0 Å². The van der Waals surface area contributed by atoms with Crippen molar-refractivity contribution in [3.05, 3.63) is 57.3 Å². The lowest BCUT2D eigenvalue weighted by atomic mass is 9.76. The highest BCUT2D eigenvalue weighted by molar-refractivity contribution is 7.14. The quantitative estimate of drug-likeness (QED) is 0.665. The monoisotopic (exact) mass is 368 g/mol. The van der Waals surface area contributed by atoms with Crippen LogP contribution in [0.15, 0.2) is 36.4 Å². The van der Waals surface area contributed by atoms with Gasteiger partial charge >= 0.3 is 6.03 Å². The largest absolute Gasteiger partial charge is 0.325 e. The number of rotatable bonds is 4. The molecule has 26 heavy (non-hydrogen) atoms. The van der Waals surface area contributed by atoms with Gasteiger partial charge in [-0.05, 0) is 48.9 Å². The summed E-state index contributed by atoms with van der Waals surface area (Å²) in [6.07, 6.45) is 3.16. The van der Waals surface area contributed by atoms with Gasteiger partial charge in [-0.25, -0.2) is 4.79 Å². The second-order valence-corrected chi connectivity index (χ2v) is 7.95. The molecule has 2 aliphatic rings. The Kier molecular flexibility index (Phi) is 4.15. The summed E-state index contributed by atoms with van der Waals surface area (Å²) >= 11 is 1.42. The van der Waals surface area contributed by atoms with Crippen LogP contribution in [-0.2, 0) is 23.2 Å². The molecule has 0 unspecified atom stereocenters. The smallest absolute Gasteiger partial charge is 0.319 e. The number of carbonyl (C=O) groups is 3. The molecule has 1 aromatic carbocycles. The summed E-state index contributed by atoms with van der Waals surface area (Å²) in [7, 11) is 0. The molecule has 0 saturated carbocycles. The van der Waals surface area contributed by atoms with Gasteiger partial charge in [0.15, 0.2) is 5.78 Å². The Bertz CT molecular complexity index is 904. The lowest BCUT2D eigenvalue weighted by molar-refractivity contribution is -0.131. The fourth-order valence-electron chi connectivity index (χ4n) is 3.89. The first-order valence-corrected chi connectivity index (χ1v) is 9.71. The summed E-state index contributed by atoms with van der Waals surface area (Å²) in [4.78, 5) is 41.1. The Hall–Kier alpha value is -2.47. The number of hydrogen-bond acceptors (Lipinski definition) is 4. The third-order valence-corrected chi connectivity index (χ3v) is 6.51. The summed E-state index contributed by atoms with van der Waals surface area (Å²) in [6, 6.07) is 11.0. The molecule has 6 heteroatoms. The van der Waals surface area contributed by atoms with E-state index in [4.69, 9.17) is 0 Å². The number of carbonyl (C=O) groups excluding carboxylic acids is 3. The molecule has 1 aromatic heterocycles. The van der Waals surface area contributed by atoms with Gasteiger partial charge in [-0.1, -0.05) is 31.2 Å². The van der Waals surface area contributed by atoms with Crippen molar-refractivity contribution in [3.63, 3.8) is 0 Å².